The number of benzene rings is 3. The molecule has 3 aromatic rings. The second-order valence-electron chi connectivity index (χ2n) is 7.57. The molecule has 8 heteroatoms. The van der Waals surface area contributed by atoms with Crippen molar-refractivity contribution in [1.82, 2.24) is 5.32 Å². The van der Waals surface area contributed by atoms with E-state index < -0.39 is 23.2 Å². The van der Waals surface area contributed by atoms with Gasteiger partial charge in [-0.2, -0.15) is 0 Å². The number of amides is 1. The highest BCUT2D eigenvalue weighted by Crippen LogP contribution is 2.44. The second kappa shape index (κ2) is 9.17. The van der Waals surface area contributed by atoms with Crippen LogP contribution in [0.15, 0.2) is 72.8 Å². The lowest BCUT2D eigenvalue weighted by molar-refractivity contribution is -0.385. The number of nitrogens with zero attached hydrogens (tertiary/aromatic N) is 1. The van der Waals surface area contributed by atoms with Gasteiger partial charge in [0.2, 0.25) is 0 Å². The number of aliphatic hydroxyl groups is 2. The maximum Gasteiger partial charge on any atom is 0.407 e. The third-order valence-electron chi connectivity index (χ3n) is 5.59. The largest absolute Gasteiger partial charge is 0.449 e. The Labute approximate surface area is 184 Å². The molecule has 1 aliphatic carbocycles. The first kappa shape index (κ1) is 21.5. The normalized spacial score (nSPS) is 14.2. The summed E-state index contributed by atoms with van der Waals surface area (Å²) in [6.07, 6.45) is -3.49. The number of nitrogens with one attached hydrogen (secondary N) is 1. The van der Waals surface area contributed by atoms with Crippen LogP contribution in [0.4, 0.5) is 10.5 Å². The molecule has 0 bridgehead atoms. The maximum absolute atomic E-state index is 12.2. The summed E-state index contributed by atoms with van der Waals surface area (Å²) in [5.74, 6) is -0.0893. The van der Waals surface area contributed by atoms with Gasteiger partial charge in [0.1, 0.15) is 18.8 Å². The Morgan fingerprint density at radius 1 is 1.00 bits per heavy atom. The van der Waals surface area contributed by atoms with Crippen LogP contribution in [0.25, 0.3) is 11.1 Å². The van der Waals surface area contributed by atoms with Crippen molar-refractivity contribution < 1.29 is 24.7 Å². The van der Waals surface area contributed by atoms with Gasteiger partial charge in [0, 0.05) is 24.6 Å². The monoisotopic (exact) mass is 434 g/mol. The highest BCUT2D eigenvalue weighted by atomic mass is 16.6. The summed E-state index contributed by atoms with van der Waals surface area (Å²) in [7, 11) is 0. The molecule has 0 saturated heterocycles. The lowest BCUT2D eigenvalue weighted by Crippen LogP contribution is -2.36. The number of carbonyl (C=O) groups is 1. The van der Waals surface area contributed by atoms with E-state index in [4.69, 9.17) is 4.74 Å². The third kappa shape index (κ3) is 4.32. The zero-order chi connectivity index (χ0) is 22.7. The molecule has 0 heterocycles. The van der Waals surface area contributed by atoms with Crippen LogP contribution < -0.4 is 5.32 Å². The van der Waals surface area contributed by atoms with Crippen molar-refractivity contribution in [2.75, 3.05) is 13.2 Å². The van der Waals surface area contributed by atoms with Crippen LogP contribution in [-0.4, -0.2) is 40.5 Å². The first-order valence-corrected chi connectivity index (χ1v) is 10.1. The van der Waals surface area contributed by atoms with Gasteiger partial charge in [-0.15, -0.1) is 0 Å². The van der Waals surface area contributed by atoms with Gasteiger partial charge in [0.05, 0.1) is 4.92 Å². The van der Waals surface area contributed by atoms with Gasteiger partial charge < -0.3 is 20.3 Å². The van der Waals surface area contributed by atoms with Gasteiger partial charge in [0.15, 0.2) is 0 Å². The molecule has 0 aromatic heterocycles. The van der Waals surface area contributed by atoms with E-state index in [-0.39, 0.29) is 30.3 Å². The summed E-state index contributed by atoms with van der Waals surface area (Å²) < 4.78 is 5.39. The fourth-order valence-corrected chi connectivity index (χ4v) is 3.99. The minimum absolute atomic E-state index is 0.0893. The lowest BCUT2D eigenvalue weighted by Gasteiger charge is -2.19. The lowest BCUT2D eigenvalue weighted by atomic mass is 9.98. The Balaban J connectivity index is 1.34. The Kier molecular flexibility index (Phi) is 6.16. The topological polar surface area (TPSA) is 122 Å². The van der Waals surface area contributed by atoms with Gasteiger partial charge >= 0.3 is 6.09 Å². The fraction of sp³-hybridized carbons (Fsp3) is 0.208. The molecule has 3 aromatic carbocycles. The summed E-state index contributed by atoms with van der Waals surface area (Å²) >= 11 is 0. The molecule has 1 aliphatic rings. The van der Waals surface area contributed by atoms with Gasteiger partial charge in [-0.3, -0.25) is 10.1 Å². The zero-order valence-corrected chi connectivity index (χ0v) is 17.0. The molecule has 0 radical (unpaired) electrons. The van der Waals surface area contributed by atoms with E-state index in [2.05, 4.69) is 5.32 Å². The summed E-state index contributed by atoms with van der Waals surface area (Å²) in [5, 5.41) is 33.8. The molecule has 3 N–H and O–H groups in total. The number of ether oxygens (including phenoxy) is 1. The standard InChI is InChI=1S/C24H22N2O6/c27-22(23(28)15-6-5-7-16(12-15)26(30)31)13-25-24(29)32-14-21-19-10-3-1-8-17(19)18-9-2-4-11-20(18)21/h1-12,21-23,27-28H,13-14H2,(H,25,29). The minimum atomic E-state index is -1.40. The number of nitro groups is 1. The summed E-state index contributed by atoms with van der Waals surface area (Å²) in [6, 6.07) is 21.3. The Bertz CT molecular complexity index is 1100. The van der Waals surface area contributed by atoms with Gasteiger partial charge in [-0.25, -0.2) is 4.79 Å². The maximum atomic E-state index is 12.2. The van der Waals surface area contributed by atoms with E-state index in [1.807, 2.05) is 48.5 Å². The van der Waals surface area contributed by atoms with E-state index in [1.165, 1.54) is 24.3 Å². The quantitative estimate of drug-likeness (QED) is 0.386. The molecule has 4 rings (SSSR count). The van der Waals surface area contributed by atoms with Gasteiger partial charge in [-0.05, 0) is 27.8 Å². The van der Waals surface area contributed by atoms with Crippen LogP contribution in [-0.2, 0) is 4.74 Å². The van der Waals surface area contributed by atoms with Crippen LogP contribution in [0, 0.1) is 10.1 Å². The number of carbonyl (C=O) groups excluding carboxylic acids is 1. The molecular formula is C24H22N2O6. The zero-order valence-electron chi connectivity index (χ0n) is 17.0. The summed E-state index contributed by atoms with van der Waals surface area (Å²) in [6.45, 7) is -0.149. The molecule has 2 atom stereocenters. The van der Waals surface area contributed by atoms with Gasteiger partial charge in [0.25, 0.3) is 5.69 Å². The molecule has 0 fully saturated rings. The van der Waals surface area contributed by atoms with Crippen LogP contribution >= 0.6 is 0 Å². The van der Waals surface area contributed by atoms with Crippen molar-refractivity contribution >= 4 is 11.8 Å². The second-order valence-corrected chi connectivity index (χ2v) is 7.57. The van der Waals surface area contributed by atoms with Crippen molar-refractivity contribution in [1.29, 1.82) is 0 Å². The average Bonchev–Trinajstić information content (AvgIpc) is 3.14. The van der Waals surface area contributed by atoms with Crippen molar-refractivity contribution in [2.24, 2.45) is 0 Å². The smallest absolute Gasteiger partial charge is 0.407 e. The molecule has 0 spiro atoms. The highest BCUT2D eigenvalue weighted by Gasteiger charge is 2.29. The van der Waals surface area contributed by atoms with Crippen molar-refractivity contribution in [2.45, 2.75) is 18.1 Å². The summed E-state index contributed by atoms with van der Waals surface area (Å²) in [5.41, 5.74) is 4.39. The molecule has 1 amide bonds. The number of aliphatic hydroxyl groups excluding tert-OH is 2. The first-order chi connectivity index (χ1) is 15.5. The van der Waals surface area contributed by atoms with Crippen LogP contribution in [0.3, 0.4) is 0 Å². The first-order valence-electron chi connectivity index (χ1n) is 10.1. The number of hydrogen-bond donors (Lipinski definition) is 3. The Morgan fingerprint density at radius 2 is 1.62 bits per heavy atom. The van der Waals surface area contributed by atoms with E-state index in [0.717, 1.165) is 22.3 Å². The predicted molar refractivity (Wildman–Crippen MR) is 117 cm³/mol. The highest BCUT2D eigenvalue weighted by molar-refractivity contribution is 5.79. The molecule has 164 valence electrons. The van der Waals surface area contributed by atoms with E-state index in [0.29, 0.717) is 0 Å². The van der Waals surface area contributed by atoms with Crippen molar-refractivity contribution in [3.05, 3.63) is 99.6 Å². The van der Waals surface area contributed by atoms with Crippen LogP contribution in [0.1, 0.15) is 28.7 Å². The van der Waals surface area contributed by atoms with E-state index >= 15 is 0 Å². The molecular weight excluding hydrogens is 412 g/mol. The Morgan fingerprint density at radius 3 is 2.25 bits per heavy atom. The third-order valence-corrected chi connectivity index (χ3v) is 5.59. The van der Waals surface area contributed by atoms with Crippen molar-refractivity contribution in [3.63, 3.8) is 0 Å². The Hall–Kier alpha value is -3.75. The van der Waals surface area contributed by atoms with Crippen LogP contribution in [0.2, 0.25) is 0 Å². The van der Waals surface area contributed by atoms with E-state index in [9.17, 15) is 25.1 Å². The number of nitro benzene ring substituents is 1. The number of rotatable bonds is 7. The SMILES string of the molecule is O=C(NCC(O)C(O)c1cccc([N+](=O)[O-])c1)OCC1c2ccccc2-c2ccccc21. The number of alkyl carbamates (subject to hydrolysis) is 1. The van der Waals surface area contributed by atoms with Crippen LogP contribution in [0.5, 0.6) is 0 Å². The molecule has 32 heavy (non-hydrogen) atoms. The average molecular weight is 434 g/mol. The molecule has 0 aliphatic heterocycles. The molecule has 8 nitrogen and oxygen atoms in total. The van der Waals surface area contributed by atoms with E-state index in [1.54, 1.807) is 0 Å². The molecule has 2 unspecified atom stereocenters. The number of hydrogen-bond acceptors (Lipinski definition) is 6. The van der Waals surface area contributed by atoms with Crippen molar-refractivity contribution in [3.8, 4) is 11.1 Å². The minimum Gasteiger partial charge on any atom is -0.449 e. The fourth-order valence-electron chi connectivity index (χ4n) is 3.99. The predicted octanol–water partition coefficient (Wildman–Crippen LogP) is 3.53. The number of non-ortho nitro benzene ring substituents is 1. The molecule has 0 saturated carbocycles. The number of fused-ring (bicyclic) bond motifs is 3. The van der Waals surface area contributed by atoms with Gasteiger partial charge in [-0.1, -0.05) is 60.7 Å². The summed E-state index contributed by atoms with van der Waals surface area (Å²) in [4.78, 5) is 22.5.